The minimum atomic E-state index is -4.96. The molecule has 0 radical (unpaired) electrons. The molecule has 1 heterocycles. The van der Waals surface area contributed by atoms with Crippen LogP contribution in [0.25, 0.3) is 0 Å². The lowest BCUT2D eigenvalue weighted by molar-refractivity contribution is -0.160. The van der Waals surface area contributed by atoms with Gasteiger partial charge in [0.25, 0.3) is 0 Å². The van der Waals surface area contributed by atoms with Crippen LogP contribution in [0.2, 0.25) is 0 Å². The van der Waals surface area contributed by atoms with Crippen molar-refractivity contribution >= 4 is 22.0 Å². The van der Waals surface area contributed by atoms with Gasteiger partial charge < -0.3 is 15.5 Å². The molecule has 1 aliphatic carbocycles. The molecule has 2 fully saturated rings. The lowest BCUT2D eigenvalue weighted by atomic mass is 10.0. The van der Waals surface area contributed by atoms with Crippen LogP contribution in [0.4, 0.5) is 22.4 Å². The number of nitriles is 1. The van der Waals surface area contributed by atoms with Crippen LogP contribution >= 0.6 is 0 Å². The quantitative estimate of drug-likeness (QED) is 0.392. The lowest BCUT2D eigenvalue weighted by Gasteiger charge is -2.35. The average Bonchev–Trinajstić information content (AvgIpc) is 3.61. The number of hydrogen-bond donors (Lipinski definition) is 3. The zero-order chi connectivity index (χ0) is 28.3. The van der Waals surface area contributed by atoms with E-state index in [1.165, 1.54) is 4.90 Å². The van der Waals surface area contributed by atoms with Crippen molar-refractivity contribution in [2.24, 2.45) is 0 Å². The van der Waals surface area contributed by atoms with Gasteiger partial charge in [0, 0.05) is 32.2 Å². The van der Waals surface area contributed by atoms with E-state index < -0.39 is 56.9 Å². The summed E-state index contributed by atoms with van der Waals surface area (Å²) in [6, 6.07) is 0.462. The first-order valence-corrected chi connectivity index (χ1v) is 13.6. The topological polar surface area (TPSA) is 135 Å². The Morgan fingerprint density at radius 2 is 1.68 bits per heavy atom. The molecule has 3 amide bonds. The zero-order valence-corrected chi connectivity index (χ0v) is 21.7. The van der Waals surface area contributed by atoms with E-state index in [4.69, 9.17) is 0 Å². The van der Waals surface area contributed by atoms with Crippen LogP contribution in [-0.2, 0) is 14.8 Å². The molecule has 1 saturated heterocycles. The summed E-state index contributed by atoms with van der Waals surface area (Å²) in [7, 11) is -4.28. The first-order chi connectivity index (χ1) is 17.7. The van der Waals surface area contributed by atoms with E-state index in [9.17, 15) is 40.8 Å². The second-order valence-corrected chi connectivity index (χ2v) is 11.7. The standard InChI is InChI=1S/C23H30F4N6O4S/c1-15(2)29-21(35)32-9-11-33(12-10-32)38(36,37)13-18(20(34)31-22(14-28)7-8-22)30-19(23(25,26)27)16-3-5-17(24)6-4-16/h3-6,15,18-19,30H,7-13H2,1-2H3,(H,29,35)(H,31,34)/t18?,19-/m1/s1. The minimum Gasteiger partial charge on any atom is -0.336 e. The van der Waals surface area contributed by atoms with Crippen molar-refractivity contribution in [2.75, 3.05) is 31.9 Å². The molecule has 38 heavy (non-hydrogen) atoms. The summed E-state index contributed by atoms with van der Waals surface area (Å²) in [5.41, 5.74) is -1.67. The summed E-state index contributed by atoms with van der Waals surface area (Å²) in [6.45, 7) is 3.45. The maximum Gasteiger partial charge on any atom is 0.407 e. The van der Waals surface area contributed by atoms with E-state index in [0.717, 1.165) is 28.6 Å². The summed E-state index contributed by atoms with van der Waals surface area (Å²) < 4.78 is 82.8. The minimum absolute atomic E-state index is 0.0559. The Morgan fingerprint density at radius 3 is 2.16 bits per heavy atom. The van der Waals surface area contributed by atoms with Gasteiger partial charge in [-0.3, -0.25) is 10.1 Å². The van der Waals surface area contributed by atoms with Crippen LogP contribution < -0.4 is 16.0 Å². The fourth-order valence-electron chi connectivity index (χ4n) is 3.97. The number of nitrogens with zero attached hydrogens (tertiary/aromatic N) is 3. The molecule has 1 unspecified atom stereocenters. The Labute approximate surface area is 218 Å². The van der Waals surface area contributed by atoms with Crippen molar-refractivity contribution in [3.63, 3.8) is 0 Å². The SMILES string of the molecule is CC(C)NC(=O)N1CCN(S(=O)(=O)CC(N[C@H](c2ccc(F)cc2)C(F)(F)F)C(=O)NC2(C#N)CC2)CC1. The van der Waals surface area contributed by atoms with Gasteiger partial charge in [-0.2, -0.15) is 22.7 Å². The highest BCUT2D eigenvalue weighted by molar-refractivity contribution is 7.89. The molecule has 1 aromatic carbocycles. The first-order valence-electron chi connectivity index (χ1n) is 12.0. The Kier molecular flexibility index (Phi) is 8.89. The highest BCUT2D eigenvalue weighted by atomic mass is 32.2. The number of amides is 3. The average molecular weight is 563 g/mol. The number of sulfonamides is 1. The van der Waals surface area contributed by atoms with Gasteiger partial charge in [0.05, 0.1) is 11.8 Å². The molecule has 3 rings (SSSR count). The second-order valence-electron chi connectivity index (χ2n) is 9.70. The maximum atomic E-state index is 14.0. The number of benzene rings is 1. The monoisotopic (exact) mass is 562 g/mol. The Morgan fingerprint density at radius 1 is 1.11 bits per heavy atom. The van der Waals surface area contributed by atoms with Crippen molar-refractivity contribution in [3.05, 3.63) is 35.6 Å². The zero-order valence-electron chi connectivity index (χ0n) is 20.9. The fraction of sp³-hybridized carbons (Fsp3) is 0.609. The molecule has 210 valence electrons. The molecule has 2 atom stereocenters. The van der Waals surface area contributed by atoms with Crippen molar-refractivity contribution in [2.45, 2.75) is 56.5 Å². The molecule has 3 N–H and O–H groups in total. The molecular formula is C23H30F4N6O4S. The molecule has 2 aliphatic rings. The number of piperazine rings is 1. The number of nitrogens with one attached hydrogen (secondary N) is 3. The third kappa shape index (κ3) is 7.55. The van der Waals surface area contributed by atoms with Crippen LogP contribution in [0.5, 0.6) is 0 Å². The number of halogens is 4. The van der Waals surface area contributed by atoms with Gasteiger partial charge in [0.15, 0.2) is 0 Å². The molecular weight excluding hydrogens is 532 g/mol. The predicted molar refractivity (Wildman–Crippen MR) is 128 cm³/mol. The molecule has 1 saturated carbocycles. The van der Waals surface area contributed by atoms with Crippen LogP contribution in [0.3, 0.4) is 0 Å². The summed E-state index contributed by atoms with van der Waals surface area (Å²) >= 11 is 0. The summed E-state index contributed by atoms with van der Waals surface area (Å²) in [6.07, 6.45) is -4.38. The summed E-state index contributed by atoms with van der Waals surface area (Å²) in [5, 5.41) is 16.5. The van der Waals surface area contributed by atoms with E-state index >= 15 is 0 Å². The van der Waals surface area contributed by atoms with Crippen molar-refractivity contribution in [3.8, 4) is 6.07 Å². The van der Waals surface area contributed by atoms with Crippen molar-refractivity contribution in [1.29, 1.82) is 5.26 Å². The maximum absolute atomic E-state index is 14.0. The number of hydrogen-bond acceptors (Lipinski definition) is 6. The van der Waals surface area contributed by atoms with Gasteiger partial charge in [0.1, 0.15) is 23.4 Å². The number of rotatable bonds is 9. The molecule has 0 spiro atoms. The van der Waals surface area contributed by atoms with Crippen molar-refractivity contribution in [1.82, 2.24) is 25.2 Å². The molecule has 10 nitrogen and oxygen atoms in total. The number of carbonyl (C=O) groups is 2. The van der Waals surface area contributed by atoms with E-state index in [2.05, 4.69) is 16.0 Å². The van der Waals surface area contributed by atoms with Crippen LogP contribution in [-0.4, -0.2) is 85.3 Å². The highest BCUT2D eigenvalue weighted by Gasteiger charge is 2.48. The number of carbonyl (C=O) groups excluding carboxylic acids is 2. The number of alkyl halides is 3. The van der Waals surface area contributed by atoms with Gasteiger partial charge in [0.2, 0.25) is 15.9 Å². The van der Waals surface area contributed by atoms with Crippen molar-refractivity contribution < 1.29 is 35.6 Å². The normalized spacial score (nSPS) is 19.4. The molecule has 0 aromatic heterocycles. The van der Waals surface area contributed by atoms with Gasteiger partial charge in [-0.1, -0.05) is 12.1 Å². The molecule has 1 aliphatic heterocycles. The Bertz CT molecular complexity index is 1160. The lowest BCUT2D eigenvalue weighted by Crippen LogP contribution is -2.58. The third-order valence-electron chi connectivity index (χ3n) is 6.25. The fourth-order valence-corrected chi connectivity index (χ4v) is 5.57. The van der Waals surface area contributed by atoms with Gasteiger partial charge >= 0.3 is 12.2 Å². The van der Waals surface area contributed by atoms with Gasteiger partial charge in [-0.15, -0.1) is 0 Å². The Hall–Kier alpha value is -2.96. The molecule has 0 bridgehead atoms. The van der Waals surface area contributed by atoms with Crippen LogP contribution in [0, 0.1) is 17.1 Å². The first kappa shape index (κ1) is 29.6. The number of urea groups is 1. The van der Waals surface area contributed by atoms with Crippen LogP contribution in [0.1, 0.15) is 38.3 Å². The predicted octanol–water partition coefficient (Wildman–Crippen LogP) is 1.63. The largest absolute Gasteiger partial charge is 0.407 e. The summed E-state index contributed by atoms with van der Waals surface area (Å²) in [4.78, 5) is 26.6. The van der Waals surface area contributed by atoms with E-state index in [1.807, 2.05) is 6.07 Å². The van der Waals surface area contributed by atoms with E-state index in [1.54, 1.807) is 13.8 Å². The smallest absolute Gasteiger partial charge is 0.336 e. The molecule has 15 heteroatoms. The molecule has 1 aromatic rings. The third-order valence-corrected chi connectivity index (χ3v) is 8.16. The van der Waals surface area contributed by atoms with Gasteiger partial charge in [-0.05, 0) is 44.4 Å². The van der Waals surface area contributed by atoms with E-state index in [-0.39, 0.29) is 51.1 Å². The van der Waals surface area contributed by atoms with Gasteiger partial charge in [-0.25, -0.2) is 17.6 Å². The summed E-state index contributed by atoms with van der Waals surface area (Å²) in [5.74, 6) is -2.86. The highest BCUT2D eigenvalue weighted by Crippen LogP contribution is 2.36. The van der Waals surface area contributed by atoms with Crippen LogP contribution in [0.15, 0.2) is 24.3 Å². The van der Waals surface area contributed by atoms with E-state index in [0.29, 0.717) is 0 Å². The second kappa shape index (κ2) is 11.4. The Balaban J connectivity index is 1.80.